The van der Waals surface area contributed by atoms with Crippen molar-refractivity contribution in [2.24, 2.45) is 11.7 Å². The van der Waals surface area contributed by atoms with Crippen LogP contribution in [0.2, 0.25) is 0 Å². The van der Waals surface area contributed by atoms with Gasteiger partial charge in [-0.05, 0) is 23.5 Å². The molecule has 0 amide bonds. The van der Waals surface area contributed by atoms with E-state index in [0.29, 0.717) is 24.5 Å². The molecule has 1 aliphatic rings. The molecule has 3 nitrogen and oxygen atoms in total. The highest BCUT2D eigenvalue weighted by Gasteiger charge is 2.29. The molecule has 1 aromatic carbocycles. The predicted molar refractivity (Wildman–Crippen MR) is 68.5 cm³/mol. The Hall–Kier alpha value is -1.06. The third kappa shape index (κ3) is 2.06. The Morgan fingerprint density at radius 1 is 1.31 bits per heavy atom. The second-order valence-electron chi connectivity index (χ2n) is 4.60. The number of anilines is 1. The predicted octanol–water partition coefficient (Wildman–Crippen LogP) is 1.73. The Bertz CT molecular complexity index is 351. The lowest BCUT2D eigenvalue weighted by molar-refractivity contribution is 0.353. The first-order chi connectivity index (χ1) is 7.74. The Labute approximate surface area is 97.4 Å². The van der Waals surface area contributed by atoms with Crippen LogP contribution in [-0.2, 0) is 0 Å². The van der Waals surface area contributed by atoms with E-state index in [1.807, 2.05) is 0 Å². The molecule has 1 aromatic rings. The molecule has 1 heterocycles. The molecule has 0 bridgehead atoms. The first-order valence-corrected chi connectivity index (χ1v) is 6.03. The Morgan fingerprint density at radius 3 is 2.81 bits per heavy atom. The van der Waals surface area contributed by atoms with Crippen LogP contribution in [0.15, 0.2) is 24.3 Å². The molecule has 3 heteroatoms. The maximum atomic E-state index is 5.53. The highest BCUT2D eigenvalue weighted by molar-refractivity contribution is 5.55. The van der Waals surface area contributed by atoms with Gasteiger partial charge in [0.1, 0.15) is 0 Å². The van der Waals surface area contributed by atoms with Crippen LogP contribution in [0.25, 0.3) is 0 Å². The number of rotatable bonds is 3. The zero-order valence-electron chi connectivity index (χ0n) is 10.0. The van der Waals surface area contributed by atoms with E-state index in [-0.39, 0.29) is 0 Å². The van der Waals surface area contributed by atoms with Gasteiger partial charge in [0.15, 0.2) is 0 Å². The van der Waals surface area contributed by atoms with Crippen LogP contribution in [0.4, 0.5) is 5.69 Å². The molecule has 16 heavy (non-hydrogen) atoms. The molecule has 0 saturated heterocycles. The van der Waals surface area contributed by atoms with E-state index in [1.54, 1.807) is 0 Å². The number of hydrogen-bond acceptors (Lipinski definition) is 3. The molecule has 0 fully saturated rings. The van der Waals surface area contributed by atoms with Crippen molar-refractivity contribution in [3.05, 3.63) is 29.8 Å². The lowest BCUT2D eigenvalue weighted by Crippen LogP contribution is -2.47. The van der Waals surface area contributed by atoms with E-state index >= 15 is 0 Å². The van der Waals surface area contributed by atoms with Gasteiger partial charge in [0.05, 0.1) is 6.17 Å². The van der Waals surface area contributed by atoms with Gasteiger partial charge in [-0.3, -0.25) is 5.32 Å². The van der Waals surface area contributed by atoms with Crippen molar-refractivity contribution in [2.75, 3.05) is 18.4 Å². The molecule has 0 spiro atoms. The second kappa shape index (κ2) is 4.85. The van der Waals surface area contributed by atoms with Gasteiger partial charge in [0.2, 0.25) is 0 Å². The summed E-state index contributed by atoms with van der Waals surface area (Å²) in [6.45, 7) is 6.11. The minimum atomic E-state index is 0.327. The summed E-state index contributed by atoms with van der Waals surface area (Å²) in [5.41, 5.74) is 8.20. The first kappa shape index (κ1) is 11.4. The largest absolute Gasteiger partial charge is 0.369 e. The minimum Gasteiger partial charge on any atom is -0.369 e. The van der Waals surface area contributed by atoms with Gasteiger partial charge in [0.25, 0.3) is 0 Å². The van der Waals surface area contributed by atoms with Crippen molar-refractivity contribution in [3.8, 4) is 0 Å². The van der Waals surface area contributed by atoms with Gasteiger partial charge in [-0.25, -0.2) is 0 Å². The maximum Gasteiger partial charge on any atom is 0.0800 e. The van der Waals surface area contributed by atoms with Gasteiger partial charge in [-0.1, -0.05) is 32.0 Å². The maximum absolute atomic E-state index is 5.53. The Kier molecular flexibility index (Phi) is 3.46. The average molecular weight is 219 g/mol. The van der Waals surface area contributed by atoms with Gasteiger partial charge >= 0.3 is 0 Å². The number of nitrogens with two attached hydrogens (primary N) is 1. The molecule has 2 unspecified atom stereocenters. The van der Waals surface area contributed by atoms with Crippen LogP contribution >= 0.6 is 0 Å². The van der Waals surface area contributed by atoms with Gasteiger partial charge in [-0.15, -0.1) is 0 Å². The van der Waals surface area contributed by atoms with Gasteiger partial charge in [0, 0.05) is 18.8 Å². The second-order valence-corrected chi connectivity index (χ2v) is 4.60. The van der Waals surface area contributed by atoms with Crippen molar-refractivity contribution >= 4 is 5.69 Å². The molecule has 0 radical (unpaired) electrons. The highest BCUT2D eigenvalue weighted by atomic mass is 15.1. The number of para-hydroxylation sites is 1. The smallest absolute Gasteiger partial charge is 0.0800 e. The SMILES string of the molecule is CC1c2ccccc2NC(NCCN)[C@H]1C. The Morgan fingerprint density at radius 2 is 2.06 bits per heavy atom. The molecular formula is C13H21N3. The summed E-state index contributed by atoms with van der Waals surface area (Å²) in [7, 11) is 0. The topological polar surface area (TPSA) is 50.1 Å². The zero-order valence-corrected chi connectivity index (χ0v) is 10.0. The lowest BCUT2D eigenvalue weighted by atomic mass is 9.82. The van der Waals surface area contributed by atoms with Crippen LogP contribution in [0.1, 0.15) is 25.3 Å². The molecule has 1 aliphatic heterocycles. The first-order valence-electron chi connectivity index (χ1n) is 6.03. The van der Waals surface area contributed by atoms with Crippen LogP contribution in [0, 0.1) is 5.92 Å². The summed E-state index contributed by atoms with van der Waals surface area (Å²) >= 11 is 0. The number of hydrogen-bond donors (Lipinski definition) is 3. The van der Waals surface area contributed by atoms with E-state index in [2.05, 4.69) is 48.7 Å². The van der Waals surface area contributed by atoms with Crippen molar-refractivity contribution in [2.45, 2.75) is 25.9 Å². The van der Waals surface area contributed by atoms with E-state index < -0.39 is 0 Å². The Balaban J connectivity index is 2.18. The van der Waals surface area contributed by atoms with Crippen LogP contribution in [-0.4, -0.2) is 19.3 Å². The minimum absolute atomic E-state index is 0.327. The van der Waals surface area contributed by atoms with Gasteiger partial charge < -0.3 is 11.1 Å². The fourth-order valence-corrected chi connectivity index (χ4v) is 2.37. The van der Waals surface area contributed by atoms with Crippen molar-refractivity contribution < 1.29 is 0 Å². The highest BCUT2D eigenvalue weighted by Crippen LogP contribution is 2.36. The van der Waals surface area contributed by atoms with E-state index in [9.17, 15) is 0 Å². The summed E-state index contributed by atoms with van der Waals surface area (Å²) in [5, 5.41) is 7.00. The summed E-state index contributed by atoms with van der Waals surface area (Å²) in [6, 6.07) is 8.55. The summed E-state index contributed by atoms with van der Waals surface area (Å²) < 4.78 is 0. The van der Waals surface area contributed by atoms with E-state index in [0.717, 1.165) is 6.54 Å². The summed E-state index contributed by atoms with van der Waals surface area (Å²) in [6.07, 6.45) is 0.327. The molecule has 0 aliphatic carbocycles. The van der Waals surface area contributed by atoms with Crippen molar-refractivity contribution in [1.82, 2.24) is 5.32 Å². The molecule has 4 N–H and O–H groups in total. The fraction of sp³-hybridized carbons (Fsp3) is 0.538. The standard InChI is InChI=1S/C13H21N3/c1-9-10(2)13(15-8-7-14)16-12-6-4-3-5-11(9)12/h3-6,9-10,13,15-16H,7-8,14H2,1-2H3/t9?,10-,13?/m0/s1. The lowest BCUT2D eigenvalue weighted by Gasteiger charge is -2.37. The van der Waals surface area contributed by atoms with E-state index in [1.165, 1.54) is 11.3 Å². The van der Waals surface area contributed by atoms with E-state index in [4.69, 9.17) is 5.73 Å². The number of nitrogens with one attached hydrogen (secondary N) is 2. The third-order valence-electron chi connectivity index (χ3n) is 3.59. The quantitative estimate of drug-likeness (QED) is 0.725. The number of fused-ring (bicyclic) bond motifs is 1. The van der Waals surface area contributed by atoms with Crippen LogP contribution in [0.5, 0.6) is 0 Å². The van der Waals surface area contributed by atoms with Crippen molar-refractivity contribution in [1.29, 1.82) is 0 Å². The van der Waals surface area contributed by atoms with Gasteiger partial charge in [-0.2, -0.15) is 0 Å². The third-order valence-corrected chi connectivity index (χ3v) is 3.59. The zero-order chi connectivity index (χ0) is 11.5. The number of benzene rings is 1. The molecule has 2 rings (SSSR count). The normalized spacial score (nSPS) is 28.3. The molecule has 88 valence electrons. The van der Waals surface area contributed by atoms with Crippen LogP contribution < -0.4 is 16.4 Å². The summed E-state index contributed by atoms with van der Waals surface area (Å²) in [5.74, 6) is 1.15. The van der Waals surface area contributed by atoms with Crippen molar-refractivity contribution in [3.63, 3.8) is 0 Å². The molecule has 0 saturated carbocycles. The van der Waals surface area contributed by atoms with Crippen LogP contribution in [0.3, 0.4) is 0 Å². The molecule has 0 aromatic heterocycles. The fourth-order valence-electron chi connectivity index (χ4n) is 2.37. The molecular weight excluding hydrogens is 198 g/mol. The average Bonchev–Trinajstić information content (AvgIpc) is 2.32. The molecule has 3 atom stereocenters. The summed E-state index contributed by atoms with van der Waals surface area (Å²) in [4.78, 5) is 0. The monoisotopic (exact) mass is 219 g/mol.